The standard InChI is InChI=1S/C20H24O7/c1-24-14-7-9-15(10-8-14)26-20-18(23)19(17(22)16(11-21)27-20)25-12-13-5-3-2-4-6-13/h2-10,16-23H,11-12H2,1H3. The van der Waals surface area contributed by atoms with Gasteiger partial charge in [-0.25, -0.2) is 0 Å². The summed E-state index contributed by atoms with van der Waals surface area (Å²) in [5.74, 6) is 1.12. The van der Waals surface area contributed by atoms with Gasteiger partial charge < -0.3 is 34.3 Å². The van der Waals surface area contributed by atoms with Crippen LogP contribution in [0.3, 0.4) is 0 Å². The third kappa shape index (κ3) is 4.77. The Balaban J connectivity index is 1.70. The van der Waals surface area contributed by atoms with Crippen LogP contribution in [0.25, 0.3) is 0 Å². The number of methoxy groups -OCH3 is 1. The van der Waals surface area contributed by atoms with Crippen molar-refractivity contribution in [1.29, 1.82) is 0 Å². The number of aliphatic hydroxyl groups excluding tert-OH is 3. The summed E-state index contributed by atoms with van der Waals surface area (Å²) in [7, 11) is 1.56. The van der Waals surface area contributed by atoms with Crippen LogP contribution in [-0.4, -0.2) is 59.7 Å². The predicted molar refractivity (Wildman–Crippen MR) is 96.4 cm³/mol. The van der Waals surface area contributed by atoms with E-state index in [0.29, 0.717) is 11.5 Å². The lowest BCUT2D eigenvalue weighted by Crippen LogP contribution is -2.60. The molecule has 0 radical (unpaired) electrons. The van der Waals surface area contributed by atoms with Gasteiger partial charge in [-0.2, -0.15) is 0 Å². The molecule has 1 aliphatic rings. The molecule has 1 aliphatic heterocycles. The fraction of sp³-hybridized carbons (Fsp3) is 0.400. The molecule has 1 heterocycles. The fourth-order valence-electron chi connectivity index (χ4n) is 2.90. The molecule has 2 aromatic rings. The van der Waals surface area contributed by atoms with Gasteiger partial charge in [0.25, 0.3) is 0 Å². The Morgan fingerprint density at radius 2 is 1.59 bits per heavy atom. The van der Waals surface area contributed by atoms with Crippen LogP contribution in [0.5, 0.6) is 11.5 Å². The quantitative estimate of drug-likeness (QED) is 0.666. The largest absolute Gasteiger partial charge is 0.497 e. The van der Waals surface area contributed by atoms with E-state index in [9.17, 15) is 15.3 Å². The molecule has 0 bridgehead atoms. The van der Waals surface area contributed by atoms with Crippen molar-refractivity contribution in [3.63, 3.8) is 0 Å². The maximum absolute atomic E-state index is 10.6. The Kier molecular flexibility index (Phi) is 6.65. The first kappa shape index (κ1) is 19.6. The Hall–Kier alpha value is -2.16. The third-order valence-electron chi connectivity index (χ3n) is 4.42. The normalized spacial score (nSPS) is 27.9. The zero-order valence-corrected chi connectivity index (χ0v) is 15.0. The van der Waals surface area contributed by atoms with Gasteiger partial charge in [0, 0.05) is 0 Å². The maximum Gasteiger partial charge on any atom is 0.229 e. The molecule has 2 aromatic carbocycles. The van der Waals surface area contributed by atoms with Gasteiger partial charge in [-0.1, -0.05) is 30.3 Å². The predicted octanol–water partition coefficient (Wildman–Crippen LogP) is 1.10. The second kappa shape index (κ2) is 9.16. The lowest BCUT2D eigenvalue weighted by molar-refractivity contribution is -0.287. The summed E-state index contributed by atoms with van der Waals surface area (Å²) in [6.45, 7) is -0.228. The van der Waals surface area contributed by atoms with Crippen molar-refractivity contribution >= 4 is 0 Å². The van der Waals surface area contributed by atoms with Crippen LogP contribution in [0.15, 0.2) is 54.6 Å². The number of rotatable bonds is 7. The summed E-state index contributed by atoms with van der Waals surface area (Å²) in [5.41, 5.74) is 0.900. The van der Waals surface area contributed by atoms with Crippen molar-refractivity contribution in [3.05, 3.63) is 60.2 Å². The molecule has 1 saturated heterocycles. The molecule has 0 aromatic heterocycles. The fourth-order valence-corrected chi connectivity index (χ4v) is 2.90. The second-order valence-electron chi connectivity index (χ2n) is 6.26. The lowest BCUT2D eigenvalue weighted by Gasteiger charge is -2.41. The summed E-state index contributed by atoms with van der Waals surface area (Å²) < 4.78 is 22.1. The highest BCUT2D eigenvalue weighted by molar-refractivity contribution is 5.31. The number of hydrogen-bond acceptors (Lipinski definition) is 7. The summed E-state index contributed by atoms with van der Waals surface area (Å²) >= 11 is 0. The smallest absolute Gasteiger partial charge is 0.229 e. The van der Waals surface area contributed by atoms with Gasteiger partial charge in [-0.15, -0.1) is 0 Å². The van der Waals surface area contributed by atoms with Crippen LogP contribution < -0.4 is 9.47 Å². The van der Waals surface area contributed by atoms with Crippen LogP contribution in [0.1, 0.15) is 5.56 Å². The van der Waals surface area contributed by atoms with Gasteiger partial charge in [-0.3, -0.25) is 0 Å². The molecule has 146 valence electrons. The molecule has 0 saturated carbocycles. The van der Waals surface area contributed by atoms with E-state index >= 15 is 0 Å². The number of benzene rings is 2. The molecular formula is C20H24O7. The molecule has 0 amide bonds. The number of ether oxygens (including phenoxy) is 4. The number of hydrogen-bond donors (Lipinski definition) is 3. The second-order valence-corrected chi connectivity index (χ2v) is 6.26. The van der Waals surface area contributed by atoms with E-state index in [1.165, 1.54) is 0 Å². The van der Waals surface area contributed by atoms with E-state index in [-0.39, 0.29) is 6.61 Å². The summed E-state index contributed by atoms with van der Waals surface area (Å²) in [4.78, 5) is 0. The molecule has 1 fully saturated rings. The van der Waals surface area contributed by atoms with Crippen LogP contribution in [0, 0.1) is 0 Å². The molecule has 5 unspecified atom stereocenters. The SMILES string of the molecule is COc1ccc(OC2OC(CO)C(O)C(OCc3ccccc3)C2O)cc1. The first-order chi connectivity index (χ1) is 13.1. The Labute approximate surface area is 157 Å². The minimum Gasteiger partial charge on any atom is -0.497 e. The number of aliphatic hydroxyl groups is 3. The first-order valence-electron chi connectivity index (χ1n) is 8.71. The molecule has 3 rings (SSSR count). The van der Waals surface area contributed by atoms with Gasteiger partial charge >= 0.3 is 0 Å². The molecular weight excluding hydrogens is 352 g/mol. The van der Waals surface area contributed by atoms with Crippen LogP contribution >= 0.6 is 0 Å². The van der Waals surface area contributed by atoms with E-state index in [4.69, 9.17) is 18.9 Å². The highest BCUT2D eigenvalue weighted by Crippen LogP contribution is 2.27. The van der Waals surface area contributed by atoms with Gasteiger partial charge in [0.1, 0.15) is 35.9 Å². The van der Waals surface area contributed by atoms with Crippen molar-refractivity contribution in [3.8, 4) is 11.5 Å². The summed E-state index contributed by atoms with van der Waals surface area (Å²) in [6.07, 6.45) is -5.44. The van der Waals surface area contributed by atoms with Gasteiger partial charge in [0.05, 0.1) is 20.3 Å². The molecule has 0 spiro atoms. The Morgan fingerprint density at radius 3 is 2.22 bits per heavy atom. The zero-order chi connectivity index (χ0) is 19.2. The monoisotopic (exact) mass is 376 g/mol. The van der Waals surface area contributed by atoms with Crippen molar-refractivity contribution in [2.75, 3.05) is 13.7 Å². The zero-order valence-electron chi connectivity index (χ0n) is 15.0. The molecule has 5 atom stereocenters. The average molecular weight is 376 g/mol. The van der Waals surface area contributed by atoms with E-state index < -0.39 is 37.3 Å². The van der Waals surface area contributed by atoms with Crippen molar-refractivity contribution < 1.29 is 34.3 Å². The Bertz CT molecular complexity index is 691. The van der Waals surface area contributed by atoms with E-state index in [1.807, 2.05) is 30.3 Å². The molecule has 3 N–H and O–H groups in total. The highest BCUT2D eigenvalue weighted by atomic mass is 16.7. The summed E-state index contributed by atoms with van der Waals surface area (Å²) in [6, 6.07) is 16.2. The maximum atomic E-state index is 10.6. The highest BCUT2D eigenvalue weighted by Gasteiger charge is 2.46. The average Bonchev–Trinajstić information content (AvgIpc) is 2.71. The van der Waals surface area contributed by atoms with Crippen molar-refractivity contribution in [2.45, 2.75) is 37.3 Å². The minimum atomic E-state index is -1.24. The Morgan fingerprint density at radius 1 is 0.926 bits per heavy atom. The van der Waals surface area contributed by atoms with E-state index in [2.05, 4.69) is 0 Å². The van der Waals surface area contributed by atoms with Crippen LogP contribution in [0.2, 0.25) is 0 Å². The summed E-state index contributed by atoms with van der Waals surface area (Å²) in [5, 5.41) is 30.5. The van der Waals surface area contributed by atoms with Gasteiger partial charge in [0.15, 0.2) is 0 Å². The van der Waals surface area contributed by atoms with Crippen molar-refractivity contribution in [2.24, 2.45) is 0 Å². The van der Waals surface area contributed by atoms with Crippen LogP contribution in [-0.2, 0) is 16.1 Å². The van der Waals surface area contributed by atoms with Crippen molar-refractivity contribution in [1.82, 2.24) is 0 Å². The first-order valence-corrected chi connectivity index (χ1v) is 8.71. The lowest BCUT2D eigenvalue weighted by atomic mass is 9.99. The molecule has 7 nitrogen and oxygen atoms in total. The van der Waals surface area contributed by atoms with Crippen LogP contribution in [0.4, 0.5) is 0 Å². The van der Waals surface area contributed by atoms with Gasteiger partial charge in [0.2, 0.25) is 6.29 Å². The molecule has 7 heteroatoms. The minimum absolute atomic E-state index is 0.201. The molecule has 0 aliphatic carbocycles. The topological polar surface area (TPSA) is 97.6 Å². The van der Waals surface area contributed by atoms with Gasteiger partial charge in [-0.05, 0) is 29.8 Å². The third-order valence-corrected chi connectivity index (χ3v) is 4.42. The van der Waals surface area contributed by atoms with E-state index in [1.54, 1.807) is 31.4 Å². The molecule has 27 heavy (non-hydrogen) atoms. The van der Waals surface area contributed by atoms with E-state index in [0.717, 1.165) is 5.56 Å².